The van der Waals surface area contributed by atoms with Crippen molar-refractivity contribution in [1.82, 2.24) is 9.97 Å². The molecule has 0 saturated carbocycles. The number of aromatic nitrogens is 2. The highest BCUT2D eigenvalue weighted by molar-refractivity contribution is 5.94. The second-order valence-corrected chi connectivity index (χ2v) is 3.13. The summed E-state index contributed by atoms with van der Waals surface area (Å²) in [5, 5.41) is 8.68. The van der Waals surface area contributed by atoms with E-state index in [4.69, 9.17) is 5.11 Å². The molecule has 1 N–H and O–H groups in total. The number of nitrogens with zero attached hydrogens (tertiary/aromatic N) is 2. The van der Waals surface area contributed by atoms with Crippen molar-refractivity contribution in [2.75, 3.05) is 0 Å². The number of hydrogen-bond donors (Lipinski definition) is 1. The van der Waals surface area contributed by atoms with Gasteiger partial charge < -0.3 is 5.11 Å². The highest BCUT2D eigenvalue weighted by Crippen LogP contribution is 2.21. The number of carboxylic acids is 1. The molecule has 0 fully saturated rings. The maximum Gasteiger partial charge on any atom is 0.389 e. The average molecular weight is 248 g/mol. The van der Waals surface area contributed by atoms with Crippen LogP contribution in [0, 0.1) is 0 Å². The molecule has 0 unspecified atom stereocenters. The van der Waals surface area contributed by atoms with Crippen LogP contribution in [0.2, 0.25) is 0 Å². The Morgan fingerprint density at radius 3 is 2.59 bits per heavy atom. The van der Waals surface area contributed by atoms with E-state index < -0.39 is 30.7 Å². The minimum absolute atomic E-state index is 0.233. The van der Waals surface area contributed by atoms with Crippen molar-refractivity contribution in [3.8, 4) is 0 Å². The molecule has 5 nitrogen and oxygen atoms in total. The summed E-state index contributed by atoms with van der Waals surface area (Å²) in [4.78, 5) is 28.0. The lowest BCUT2D eigenvalue weighted by Gasteiger charge is -2.06. The van der Waals surface area contributed by atoms with E-state index in [-0.39, 0.29) is 17.7 Å². The quantitative estimate of drug-likeness (QED) is 0.816. The Morgan fingerprint density at radius 1 is 1.47 bits per heavy atom. The minimum Gasteiger partial charge on any atom is -0.476 e. The fraction of sp³-hybridized carbons (Fsp3) is 0.333. The number of rotatable bonds is 4. The van der Waals surface area contributed by atoms with Gasteiger partial charge in [0.25, 0.3) is 0 Å². The van der Waals surface area contributed by atoms with E-state index >= 15 is 0 Å². The molecule has 0 aromatic carbocycles. The van der Waals surface area contributed by atoms with Crippen molar-refractivity contribution in [2.45, 2.75) is 19.0 Å². The molecule has 0 saturated heterocycles. The normalized spacial score (nSPS) is 11.2. The second kappa shape index (κ2) is 4.89. The predicted molar refractivity (Wildman–Crippen MR) is 48.8 cm³/mol. The van der Waals surface area contributed by atoms with Gasteiger partial charge in [0, 0.05) is 12.6 Å². The summed E-state index contributed by atoms with van der Waals surface area (Å²) >= 11 is 0. The van der Waals surface area contributed by atoms with Gasteiger partial charge >= 0.3 is 12.1 Å². The molecule has 92 valence electrons. The largest absolute Gasteiger partial charge is 0.476 e. The molecule has 0 aliphatic carbocycles. The average Bonchev–Trinajstić information content (AvgIpc) is 2.25. The Morgan fingerprint density at radius 2 is 2.12 bits per heavy atom. The summed E-state index contributed by atoms with van der Waals surface area (Å²) in [5.41, 5.74) is -0.861. The van der Waals surface area contributed by atoms with Crippen LogP contribution in [0.1, 0.15) is 33.1 Å². The van der Waals surface area contributed by atoms with Gasteiger partial charge in [-0.15, -0.1) is 0 Å². The highest BCUT2D eigenvalue weighted by Gasteiger charge is 2.27. The van der Waals surface area contributed by atoms with Crippen LogP contribution in [0.3, 0.4) is 0 Å². The Labute approximate surface area is 93.3 Å². The van der Waals surface area contributed by atoms with Crippen molar-refractivity contribution < 1.29 is 27.9 Å². The van der Waals surface area contributed by atoms with Gasteiger partial charge in [0.05, 0.1) is 12.0 Å². The lowest BCUT2D eigenvalue weighted by molar-refractivity contribution is -0.134. The van der Waals surface area contributed by atoms with E-state index in [9.17, 15) is 22.8 Å². The van der Waals surface area contributed by atoms with Gasteiger partial charge in [-0.05, 0) is 0 Å². The van der Waals surface area contributed by atoms with Crippen LogP contribution in [-0.2, 0) is 6.42 Å². The van der Waals surface area contributed by atoms with Gasteiger partial charge in [-0.1, -0.05) is 0 Å². The summed E-state index contributed by atoms with van der Waals surface area (Å²) < 4.78 is 35.8. The fourth-order valence-electron chi connectivity index (χ4n) is 1.06. The standard InChI is InChI=1S/C9H7F3N2O3/c10-9(11,12)2-1-6-13-3-5(4-15)7(14-6)8(16)17/h3-4H,1-2H2,(H,16,17). The molecule has 1 aromatic heterocycles. The SMILES string of the molecule is O=Cc1cnc(CCC(F)(F)F)nc1C(=O)O. The Balaban J connectivity index is 2.93. The number of aryl methyl sites for hydroxylation is 1. The number of carboxylic acid groups (broad SMARTS) is 1. The summed E-state index contributed by atoms with van der Waals surface area (Å²) in [6.45, 7) is 0. The van der Waals surface area contributed by atoms with E-state index in [1.165, 1.54) is 0 Å². The smallest absolute Gasteiger partial charge is 0.389 e. The Hall–Kier alpha value is -1.99. The molecule has 1 aromatic rings. The first-order valence-corrected chi connectivity index (χ1v) is 4.44. The molecule has 0 radical (unpaired) electrons. The first kappa shape index (κ1) is 13.1. The van der Waals surface area contributed by atoms with Crippen LogP contribution in [0.5, 0.6) is 0 Å². The molecule has 0 spiro atoms. The van der Waals surface area contributed by atoms with Gasteiger partial charge in [-0.25, -0.2) is 14.8 Å². The van der Waals surface area contributed by atoms with Gasteiger partial charge in [0.1, 0.15) is 5.82 Å². The third-order valence-electron chi connectivity index (χ3n) is 1.83. The third kappa shape index (κ3) is 3.82. The lowest BCUT2D eigenvalue weighted by Crippen LogP contribution is -2.13. The summed E-state index contributed by atoms with van der Waals surface area (Å²) in [6.07, 6.45) is -4.91. The number of aldehydes is 1. The first-order chi connectivity index (χ1) is 7.83. The van der Waals surface area contributed by atoms with E-state index in [0.29, 0.717) is 0 Å². The summed E-state index contributed by atoms with van der Waals surface area (Å²) in [7, 11) is 0. The number of aromatic carboxylic acids is 1. The van der Waals surface area contributed by atoms with Crippen LogP contribution in [0.25, 0.3) is 0 Å². The van der Waals surface area contributed by atoms with Crippen LogP contribution >= 0.6 is 0 Å². The van der Waals surface area contributed by atoms with Gasteiger partial charge in [0.2, 0.25) is 0 Å². The minimum atomic E-state index is -4.37. The maximum absolute atomic E-state index is 11.9. The summed E-state index contributed by atoms with van der Waals surface area (Å²) in [6, 6.07) is 0. The number of carbonyl (C=O) groups excluding carboxylic acids is 1. The van der Waals surface area contributed by atoms with Crippen molar-refractivity contribution in [2.24, 2.45) is 0 Å². The number of hydrogen-bond acceptors (Lipinski definition) is 4. The topological polar surface area (TPSA) is 80.2 Å². The van der Waals surface area contributed by atoms with Crippen LogP contribution in [0.4, 0.5) is 13.2 Å². The van der Waals surface area contributed by atoms with E-state index in [2.05, 4.69) is 9.97 Å². The number of carbonyl (C=O) groups is 2. The molecule has 0 aliphatic heterocycles. The van der Waals surface area contributed by atoms with Crippen LogP contribution in [-0.4, -0.2) is 33.5 Å². The zero-order valence-corrected chi connectivity index (χ0v) is 8.36. The van der Waals surface area contributed by atoms with Crippen molar-refractivity contribution in [3.63, 3.8) is 0 Å². The van der Waals surface area contributed by atoms with E-state index in [0.717, 1.165) is 6.20 Å². The van der Waals surface area contributed by atoms with Crippen molar-refractivity contribution in [3.05, 3.63) is 23.3 Å². The monoisotopic (exact) mass is 248 g/mol. The molecule has 0 bridgehead atoms. The Bertz CT molecular complexity index is 446. The van der Waals surface area contributed by atoms with Crippen molar-refractivity contribution >= 4 is 12.3 Å². The predicted octanol–water partition coefficient (Wildman–Crippen LogP) is 1.48. The lowest BCUT2D eigenvalue weighted by atomic mass is 10.2. The zero-order chi connectivity index (χ0) is 13.1. The molecular formula is C9H7F3N2O3. The molecule has 0 atom stereocenters. The van der Waals surface area contributed by atoms with E-state index in [1.54, 1.807) is 0 Å². The van der Waals surface area contributed by atoms with E-state index in [1.807, 2.05) is 0 Å². The van der Waals surface area contributed by atoms with Crippen molar-refractivity contribution in [1.29, 1.82) is 0 Å². The molecule has 8 heteroatoms. The second-order valence-electron chi connectivity index (χ2n) is 3.13. The maximum atomic E-state index is 11.9. The summed E-state index contributed by atoms with van der Waals surface area (Å²) in [5.74, 6) is -1.74. The molecule has 0 aliphatic rings. The van der Waals surface area contributed by atoms with Gasteiger partial charge in [-0.2, -0.15) is 13.2 Å². The molecule has 17 heavy (non-hydrogen) atoms. The first-order valence-electron chi connectivity index (χ1n) is 4.44. The van der Waals surface area contributed by atoms with Gasteiger partial charge in [-0.3, -0.25) is 4.79 Å². The molecular weight excluding hydrogens is 241 g/mol. The molecule has 1 rings (SSSR count). The Kier molecular flexibility index (Phi) is 3.77. The zero-order valence-electron chi connectivity index (χ0n) is 8.36. The number of alkyl halides is 3. The third-order valence-corrected chi connectivity index (χ3v) is 1.83. The van der Waals surface area contributed by atoms with Crippen LogP contribution in [0.15, 0.2) is 6.20 Å². The highest BCUT2D eigenvalue weighted by atomic mass is 19.4. The molecule has 0 amide bonds. The van der Waals surface area contributed by atoms with Crippen LogP contribution < -0.4 is 0 Å². The van der Waals surface area contributed by atoms with Gasteiger partial charge in [0.15, 0.2) is 12.0 Å². The molecule has 1 heterocycles. The fourth-order valence-corrected chi connectivity index (χ4v) is 1.06. The number of halogens is 3.